The van der Waals surface area contributed by atoms with Gasteiger partial charge in [0.05, 0.1) is 6.61 Å². The van der Waals surface area contributed by atoms with Crippen LogP contribution in [0.5, 0.6) is 0 Å². The normalized spacial score (nSPS) is 11.5. The Morgan fingerprint density at radius 1 is 1.20 bits per heavy atom. The molecule has 0 spiro atoms. The van der Waals surface area contributed by atoms with E-state index in [9.17, 15) is 9.59 Å². The maximum absolute atomic E-state index is 12.2. The van der Waals surface area contributed by atoms with Crippen LogP contribution in [0.25, 0.3) is 0 Å². The van der Waals surface area contributed by atoms with Gasteiger partial charge in [-0.3, -0.25) is 9.69 Å². The number of nitrogens with one attached hydrogen (secondary N) is 1. The average molecular weight is 417 g/mol. The molecule has 0 aliphatic carbocycles. The maximum Gasteiger partial charge on any atom is 0.240 e. The summed E-state index contributed by atoms with van der Waals surface area (Å²) in [7, 11) is 3.41. The van der Waals surface area contributed by atoms with E-state index in [0.717, 1.165) is 6.29 Å². The molecule has 7 heteroatoms. The molecule has 0 aromatic rings. The zero-order valence-corrected chi connectivity index (χ0v) is 20.2. The van der Waals surface area contributed by atoms with Crippen molar-refractivity contribution in [2.24, 2.45) is 5.41 Å². The van der Waals surface area contributed by atoms with Crippen molar-refractivity contribution in [3.63, 3.8) is 0 Å². The van der Waals surface area contributed by atoms with Gasteiger partial charge in [0.1, 0.15) is 11.8 Å². The molecular weight excluding hydrogens is 375 g/mol. The van der Waals surface area contributed by atoms with Crippen molar-refractivity contribution < 1.29 is 33.3 Å². The molecule has 0 saturated heterocycles. The molecule has 0 aliphatic rings. The molecule has 0 saturated carbocycles. The van der Waals surface area contributed by atoms with Gasteiger partial charge in [-0.25, -0.2) is 0 Å². The summed E-state index contributed by atoms with van der Waals surface area (Å²) in [6.45, 7) is 10.2. The molecule has 0 fully saturated rings. The molecule has 25 heavy (non-hydrogen) atoms. The summed E-state index contributed by atoms with van der Waals surface area (Å²) in [5.41, 5.74) is -1.15. The van der Waals surface area contributed by atoms with Crippen LogP contribution in [0.1, 0.15) is 47.5 Å². The molecule has 1 radical (unpaired) electrons. The SMILES string of the molecule is CC.CNC(=O)C(C)(N(C)CCO)C(C)(C)CCC=O.C[S-].[CH3-].[CH3-].[V]. The van der Waals surface area contributed by atoms with Gasteiger partial charge >= 0.3 is 0 Å². The van der Waals surface area contributed by atoms with Crippen LogP contribution in [0.4, 0.5) is 0 Å². The van der Waals surface area contributed by atoms with Crippen LogP contribution in [-0.4, -0.2) is 61.2 Å². The first kappa shape index (κ1) is 39.9. The molecule has 0 heterocycles. The van der Waals surface area contributed by atoms with Crippen LogP contribution >= 0.6 is 0 Å². The molecule has 5 nitrogen and oxygen atoms in total. The van der Waals surface area contributed by atoms with E-state index >= 15 is 0 Å². The smallest absolute Gasteiger partial charge is 0.240 e. The Balaban J connectivity index is -0.000000119. The summed E-state index contributed by atoms with van der Waals surface area (Å²) >= 11 is 4.08. The Morgan fingerprint density at radius 2 is 1.60 bits per heavy atom. The molecule has 0 rings (SSSR count). The van der Waals surface area contributed by atoms with Gasteiger partial charge in [-0.05, 0) is 25.8 Å². The van der Waals surface area contributed by atoms with Crippen LogP contribution in [0.2, 0.25) is 0 Å². The van der Waals surface area contributed by atoms with Gasteiger partial charge in [-0.2, -0.15) is 6.26 Å². The van der Waals surface area contributed by atoms with Crippen LogP contribution in [0, 0.1) is 20.3 Å². The van der Waals surface area contributed by atoms with Crippen molar-refractivity contribution in [1.29, 1.82) is 0 Å². The predicted octanol–water partition coefficient (Wildman–Crippen LogP) is 2.51. The molecule has 2 N–H and O–H groups in total. The minimum absolute atomic E-state index is 0. The number of carbonyl (C=O) groups excluding carboxylic acids is 2. The van der Waals surface area contributed by atoms with Gasteiger partial charge in [0.15, 0.2) is 0 Å². The number of amides is 1. The van der Waals surface area contributed by atoms with Crippen molar-refractivity contribution in [2.45, 2.75) is 53.0 Å². The van der Waals surface area contributed by atoms with Gasteiger partial charge in [-0.1, -0.05) is 27.7 Å². The van der Waals surface area contributed by atoms with E-state index < -0.39 is 5.54 Å². The Labute approximate surface area is 175 Å². The third-order valence-corrected chi connectivity index (χ3v) is 4.07. The quantitative estimate of drug-likeness (QED) is 0.362. The van der Waals surface area contributed by atoms with Crippen LogP contribution < -0.4 is 5.32 Å². The van der Waals surface area contributed by atoms with Gasteiger partial charge in [-0.15, -0.1) is 0 Å². The van der Waals surface area contributed by atoms with E-state index in [4.69, 9.17) is 5.11 Å². The summed E-state index contributed by atoms with van der Waals surface area (Å²) in [6, 6.07) is 0. The van der Waals surface area contributed by atoms with Crippen molar-refractivity contribution in [2.75, 3.05) is 33.5 Å². The fourth-order valence-corrected chi connectivity index (χ4v) is 2.28. The molecule has 1 atom stereocenters. The Morgan fingerprint density at radius 3 is 1.88 bits per heavy atom. The minimum Gasteiger partial charge on any atom is -0.796 e. The first-order valence-corrected chi connectivity index (χ1v) is 8.48. The Bertz CT molecular complexity index is 306. The van der Waals surface area contributed by atoms with Gasteiger partial charge in [0.25, 0.3) is 0 Å². The number of carbonyl (C=O) groups is 2. The first-order valence-electron chi connectivity index (χ1n) is 7.66. The van der Waals surface area contributed by atoms with E-state index in [0.29, 0.717) is 19.4 Å². The summed E-state index contributed by atoms with van der Waals surface area (Å²) in [5.74, 6) is -0.102. The molecule has 0 aliphatic heterocycles. The number of aliphatic hydroxyl groups excluding tert-OH is 1. The second-order valence-corrected chi connectivity index (χ2v) is 5.39. The van der Waals surface area contributed by atoms with Gasteiger partial charge in [0, 0.05) is 38.6 Å². The molecule has 155 valence electrons. The summed E-state index contributed by atoms with van der Waals surface area (Å²) in [5, 5.41) is 11.7. The largest absolute Gasteiger partial charge is 0.796 e. The number of aliphatic hydroxyl groups is 1. The first-order chi connectivity index (χ1) is 10.3. The Kier molecular flexibility index (Phi) is 35.2. The third kappa shape index (κ3) is 12.1. The number of likely N-dealkylation sites (N-methyl/N-ethyl adjacent to an activating group) is 2. The van der Waals surface area contributed by atoms with E-state index in [1.807, 2.05) is 46.6 Å². The van der Waals surface area contributed by atoms with E-state index in [1.165, 1.54) is 0 Å². The second-order valence-electron chi connectivity index (χ2n) is 5.39. The van der Waals surface area contributed by atoms with Crippen molar-refractivity contribution in [3.8, 4) is 0 Å². The average Bonchev–Trinajstić information content (AvgIpc) is 2.55. The van der Waals surface area contributed by atoms with Crippen molar-refractivity contribution in [1.82, 2.24) is 10.2 Å². The molecule has 1 unspecified atom stereocenters. The molecule has 0 aromatic heterocycles. The molecule has 0 bridgehead atoms. The number of rotatable bonds is 8. The minimum atomic E-state index is -0.770. The zero-order chi connectivity index (χ0) is 18.4. The van der Waals surface area contributed by atoms with Crippen LogP contribution in [0.3, 0.4) is 0 Å². The molecule has 1 amide bonds. The number of β-amino-alcohol motifs (C(OH)–C–C–N with tert-alkyl or cyclic N) is 1. The van der Waals surface area contributed by atoms with E-state index in [2.05, 4.69) is 17.9 Å². The number of aldehydes is 1. The topological polar surface area (TPSA) is 69.6 Å². The monoisotopic (exact) mass is 416 g/mol. The van der Waals surface area contributed by atoms with Crippen molar-refractivity contribution >= 4 is 24.8 Å². The van der Waals surface area contributed by atoms with Gasteiger partial charge < -0.3 is 42.7 Å². The number of nitrogens with zero attached hydrogens (tertiary/aromatic N) is 1. The second kappa shape index (κ2) is 22.0. The molecule has 0 aromatic carbocycles. The molecular formula is C18H41N2O3SV-3. The summed E-state index contributed by atoms with van der Waals surface area (Å²) in [4.78, 5) is 24.6. The number of hydrogen-bond acceptors (Lipinski definition) is 5. The third-order valence-electron chi connectivity index (χ3n) is 4.07. The van der Waals surface area contributed by atoms with E-state index in [1.54, 1.807) is 13.3 Å². The Hall–Kier alpha value is -0.00558. The fraction of sp³-hybridized carbons (Fsp3) is 0.778. The summed E-state index contributed by atoms with van der Waals surface area (Å²) < 4.78 is 0. The number of hydrogen-bond donors (Lipinski definition) is 2. The van der Waals surface area contributed by atoms with Crippen LogP contribution in [0.15, 0.2) is 0 Å². The van der Waals surface area contributed by atoms with E-state index in [-0.39, 0.29) is 51.3 Å². The zero-order valence-electron chi connectivity index (χ0n) is 18.0. The standard InChI is InChI=1S/C13H26N2O3.C2H6.CH4S.2CH3.V/c1-12(2,7-6-9-16)13(3,11(18)14-4)15(5)8-10-17;2*1-2;;;/h9,17H,6-8,10H2,1-5H3,(H,14,18);1-2H3;2H,1H3;2*1H3;/q;;;2*-1;/p-1. The fourth-order valence-electron chi connectivity index (χ4n) is 2.28. The van der Waals surface area contributed by atoms with Crippen LogP contribution in [-0.2, 0) is 40.8 Å². The summed E-state index contributed by atoms with van der Waals surface area (Å²) in [6.07, 6.45) is 3.50. The predicted molar refractivity (Wildman–Crippen MR) is 109 cm³/mol. The van der Waals surface area contributed by atoms with Gasteiger partial charge in [0.2, 0.25) is 5.91 Å². The maximum atomic E-state index is 12.2. The van der Waals surface area contributed by atoms with Crippen molar-refractivity contribution in [3.05, 3.63) is 14.9 Å².